The van der Waals surface area contributed by atoms with Crippen molar-refractivity contribution in [3.05, 3.63) is 11.9 Å². The van der Waals surface area contributed by atoms with Crippen molar-refractivity contribution in [3.8, 4) is 0 Å². The number of amides is 2. The van der Waals surface area contributed by atoms with Crippen molar-refractivity contribution >= 4 is 6.03 Å². The van der Waals surface area contributed by atoms with Gasteiger partial charge < -0.3 is 10.2 Å². The minimum atomic E-state index is -0.0307. The molecular formula is C13H23FN2O. The average molecular weight is 242 g/mol. The van der Waals surface area contributed by atoms with Gasteiger partial charge in [-0.2, -0.15) is 0 Å². The van der Waals surface area contributed by atoms with E-state index >= 15 is 0 Å². The van der Waals surface area contributed by atoms with Crippen molar-refractivity contribution in [2.75, 3.05) is 20.1 Å². The van der Waals surface area contributed by atoms with Crippen LogP contribution in [0.25, 0.3) is 0 Å². The summed E-state index contributed by atoms with van der Waals surface area (Å²) < 4.78 is 12.9. The van der Waals surface area contributed by atoms with Crippen molar-refractivity contribution in [3.63, 3.8) is 0 Å². The minimum absolute atomic E-state index is 0.0169. The number of hydrogen-bond acceptors (Lipinski definition) is 1. The highest BCUT2D eigenvalue weighted by atomic mass is 19.1. The van der Waals surface area contributed by atoms with E-state index in [0.29, 0.717) is 31.3 Å². The number of hydrogen-bond donors (Lipinski definition) is 1. The van der Waals surface area contributed by atoms with Crippen LogP contribution in [0.3, 0.4) is 0 Å². The zero-order valence-corrected chi connectivity index (χ0v) is 11.0. The molecule has 0 aromatic rings. The fourth-order valence-corrected chi connectivity index (χ4v) is 2.03. The summed E-state index contributed by atoms with van der Waals surface area (Å²) in [5, 5.41) is 2.91. The van der Waals surface area contributed by atoms with Gasteiger partial charge in [-0.05, 0) is 38.0 Å². The molecule has 0 aromatic carbocycles. The van der Waals surface area contributed by atoms with E-state index in [-0.39, 0.29) is 11.9 Å². The molecule has 0 bridgehead atoms. The quantitative estimate of drug-likeness (QED) is 0.807. The van der Waals surface area contributed by atoms with Crippen LogP contribution in [-0.2, 0) is 0 Å². The Hall–Kier alpha value is -1.06. The smallest absolute Gasteiger partial charge is 0.317 e. The van der Waals surface area contributed by atoms with Crippen molar-refractivity contribution in [1.82, 2.24) is 10.2 Å². The van der Waals surface area contributed by atoms with Gasteiger partial charge in [0.2, 0.25) is 0 Å². The first-order chi connectivity index (χ1) is 8.04. The van der Waals surface area contributed by atoms with E-state index in [1.54, 1.807) is 18.0 Å². The van der Waals surface area contributed by atoms with E-state index in [4.69, 9.17) is 0 Å². The molecule has 1 rings (SSSR count). The maximum absolute atomic E-state index is 12.9. The lowest BCUT2D eigenvalue weighted by molar-refractivity contribution is 0.205. The lowest BCUT2D eigenvalue weighted by Gasteiger charge is -2.26. The third kappa shape index (κ3) is 4.36. The summed E-state index contributed by atoms with van der Waals surface area (Å²) in [6.45, 7) is 5.44. The van der Waals surface area contributed by atoms with Gasteiger partial charge in [0.05, 0.1) is 5.83 Å². The summed E-state index contributed by atoms with van der Waals surface area (Å²) in [5.41, 5.74) is 0. The highest BCUT2D eigenvalue weighted by Gasteiger charge is 2.21. The van der Waals surface area contributed by atoms with Crippen molar-refractivity contribution in [2.45, 2.75) is 33.1 Å². The van der Waals surface area contributed by atoms with Crippen LogP contribution in [0, 0.1) is 11.8 Å². The van der Waals surface area contributed by atoms with Crippen LogP contribution in [0.5, 0.6) is 0 Å². The Bertz CT molecular complexity index is 291. The zero-order valence-electron chi connectivity index (χ0n) is 11.0. The van der Waals surface area contributed by atoms with Gasteiger partial charge in [0, 0.05) is 20.1 Å². The molecule has 2 amide bonds. The average Bonchev–Trinajstić information content (AvgIpc) is 2.35. The number of carbonyl (C=O) groups excluding carboxylic acids is 1. The van der Waals surface area contributed by atoms with Crippen LogP contribution in [-0.4, -0.2) is 31.1 Å². The SMILES string of the molecule is CCN(C)C(=O)NC[C@H](C)C1CC=C(F)CC1. The zero-order chi connectivity index (χ0) is 12.8. The van der Waals surface area contributed by atoms with Gasteiger partial charge in [0.25, 0.3) is 0 Å². The van der Waals surface area contributed by atoms with E-state index in [1.807, 2.05) is 6.92 Å². The van der Waals surface area contributed by atoms with Crippen LogP contribution in [0.2, 0.25) is 0 Å². The molecule has 98 valence electrons. The number of rotatable bonds is 4. The lowest BCUT2D eigenvalue weighted by atomic mass is 9.83. The normalized spacial score (nSPS) is 21.6. The second-order valence-electron chi connectivity index (χ2n) is 4.86. The maximum Gasteiger partial charge on any atom is 0.317 e. The van der Waals surface area contributed by atoms with E-state index in [1.165, 1.54) is 0 Å². The molecule has 1 aliphatic rings. The topological polar surface area (TPSA) is 32.3 Å². The monoisotopic (exact) mass is 242 g/mol. The number of carbonyl (C=O) groups is 1. The van der Waals surface area contributed by atoms with Gasteiger partial charge in [0.1, 0.15) is 0 Å². The second-order valence-corrected chi connectivity index (χ2v) is 4.86. The van der Waals surface area contributed by atoms with Crippen molar-refractivity contribution in [2.24, 2.45) is 11.8 Å². The highest BCUT2D eigenvalue weighted by Crippen LogP contribution is 2.29. The van der Waals surface area contributed by atoms with Crippen LogP contribution in [0.1, 0.15) is 33.1 Å². The van der Waals surface area contributed by atoms with E-state index in [9.17, 15) is 9.18 Å². The summed E-state index contributed by atoms with van der Waals surface area (Å²) in [7, 11) is 1.78. The summed E-state index contributed by atoms with van der Waals surface area (Å²) >= 11 is 0. The molecule has 0 fully saturated rings. The van der Waals surface area contributed by atoms with Gasteiger partial charge >= 0.3 is 6.03 Å². The van der Waals surface area contributed by atoms with Gasteiger partial charge in [-0.1, -0.05) is 13.0 Å². The van der Waals surface area contributed by atoms with Crippen molar-refractivity contribution < 1.29 is 9.18 Å². The Morgan fingerprint density at radius 2 is 2.41 bits per heavy atom. The lowest BCUT2D eigenvalue weighted by Crippen LogP contribution is -2.40. The molecule has 1 N–H and O–H groups in total. The summed E-state index contributed by atoms with van der Waals surface area (Å²) in [5.74, 6) is 0.901. The van der Waals surface area contributed by atoms with E-state index in [2.05, 4.69) is 12.2 Å². The first-order valence-corrected chi connectivity index (χ1v) is 6.38. The second kappa shape index (κ2) is 6.62. The molecule has 4 heteroatoms. The Kier molecular flexibility index (Phi) is 5.45. The Balaban J connectivity index is 2.30. The molecule has 0 aromatic heterocycles. The molecule has 2 atom stereocenters. The van der Waals surface area contributed by atoms with Gasteiger partial charge in [0.15, 0.2) is 0 Å². The third-order valence-corrected chi connectivity index (χ3v) is 3.60. The molecule has 1 aliphatic carbocycles. The van der Waals surface area contributed by atoms with Crippen LogP contribution >= 0.6 is 0 Å². The fraction of sp³-hybridized carbons (Fsp3) is 0.769. The van der Waals surface area contributed by atoms with Crippen molar-refractivity contribution in [1.29, 1.82) is 0 Å². The van der Waals surface area contributed by atoms with Crippen LogP contribution in [0.15, 0.2) is 11.9 Å². The number of allylic oxidation sites excluding steroid dienone is 2. The molecule has 0 saturated heterocycles. The van der Waals surface area contributed by atoms with Crippen LogP contribution in [0.4, 0.5) is 9.18 Å². The third-order valence-electron chi connectivity index (χ3n) is 3.60. The predicted molar refractivity (Wildman–Crippen MR) is 67.4 cm³/mol. The Morgan fingerprint density at radius 1 is 1.71 bits per heavy atom. The minimum Gasteiger partial charge on any atom is -0.338 e. The number of halogens is 1. The van der Waals surface area contributed by atoms with Gasteiger partial charge in [-0.25, -0.2) is 9.18 Å². The summed E-state index contributed by atoms with van der Waals surface area (Å²) in [6.07, 6.45) is 3.93. The van der Waals surface area contributed by atoms with Crippen LogP contribution < -0.4 is 5.32 Å². The molecule has 0 heterocycles. The Morgan fingerprint density at radius 3 is 2.94 bits per heavy atom. The Labute approximate surface area is 103 Å². The van der Waals surface area contributed by atoms with Gasteiger partial charge in [-0.15, -0.1) is 0 Å². The number of urea groups is 1. The van der Waals surface area contributed by atoms with E-state index in [0.717, 1.165) is 12.8 Å². The van der Waals surface area contributed by atoms with Gasteiger partial charge in [-0.3, -0.25) is 0 Å². The highest BCUT2D eigenvalue weighted by molar-refractivity contribution is 5.73. The molecule has 17 heavy (non-hydrogen) atoms. The number of nitrogens with zero attached hydrogens (tertiary/aromatic N) is 1. The fourth-order valence-electron chi connectivity index (χ4n) is 2.03. The predicted octanol–water partition coefficient (Wildman–Crippen LogP) is 2.94. The first-order valence-electron chi connectivity index (χ1n) is 6.38. The molecule has 0 spiro atoms. The largest absolute Gasteiger partial charge is 0.338 e. The maximum atomic E-state index is 12.9. The standard InChI is InChI=1S/C13H23FN2O/c1-4-16(3)13(17)15-9-10(2)11-5-7-12(14)8-6-11/h7,10-11H,4-6,8-9H2,1-3H3,(H,15,17)/t10-,11?/m0/s1. The molecule has 1 unspecified atom stereocenters. The molecular weight excluding hydrogens is 219 g/mol. The van der Waals surface area contributed by atoms with E-state index < -0.39 is 0 Å². The number of nitrogens with one attached hydrogen (secondary N) is 1. The molecule has 0 aliphatic heterocycles. The molecule has 3 nitrogen and oxygen atoms in total. The summed E-state index contributed by atoms with van der Waals surface area (Å²) in [6, 6.07) is -0.0307. The molecule has 0 saturated carbocycles. The summed E-state index contributed by atoms with van der Waals surface area (Å²) in [4.78, 5) is 13.2. The molecule has 0 radical (unpaired) electrons. The first kappa shape index (κ1) is 14.0.